The molecule has 0 spiro atoms. The summed E-state index contributed by atoms with van der Waals surface area (Å²) in [5.74, 6) is 0.360. The van der Waals surface area contributed by atoms with Crippen molar-refractivity contribution in [1.29, 1.82) is 5.26 Å². The second kappa shape index (κ2) is 5.37. The zero-order valence-electron chi connectivity index (χ0n) is 10.7. The molecule has 0 fully saturated rings. The minimum absolute atomic E-state index is 0.360. The van der Waals surface area contributed by atoms with E-state index in [0.29, 0.717) is 16.9 Å². The molecule has 94 valence electrons. The fourth-order valence-corrected chi connectivity index (χ4v) is 1.16. The van der Waals surface area contributed by atoms with Crippen LogP contribution >= 0.6 is 0 Å². The van der Waals surface area contributed by atoms with Crippen LogP contribution in [-0.2, 0) is 4.74 Å². The number of nitriles is 1. The zero-order valence-corrected chi connectivity index (χ0v) is 10.7. The Balaban J connectivity index is 2.68. The first-order valence-corrected chi connectivity index (χ1v) is 5.42. The van der Waals surface area contributed by atoms with E-state index in [9.17, 15) is 4.79 Å². The summed E-state index contributed by atoms with van der Waals surface area (Å²) in [5, 5.41) is 8.68. The molecule has 4 heteroatoms. The molecule has 0 aromatic heterocycles. The molecule has 0 unspecified atom stereocenters. The molecule has 1 aromatic carbocycles. The van der Waals surface area contributed by atoms with Crippen molar-refractivity contribution in [2.45, 2.75) is 26.4 Å². The van der Waals surface area contributed by atoms with Crippen molar-refractivity contribution in [3.8, 4) is 11.8 Å². The molecule has 0 saturated heterocycles. The molecule has 0 aliphatic carbocycles. The van der Waals surface area contributed by atoms with Crippen molar-refractivity contribution < 1.29 is 14.3 Å². The van der Waals surface area contributed by atoms with E-state index in [-0.39, 0.29) is 0 Å². The van der Waals surface area contributed by atoms with Crippen LogP contribution in [0.5, 0.6) is 5.75 Å². The molecule has 0 N–H and O–H groups in total. The topological polar surface area (TPSA) is 59.3 Å². The highest BCUT2D eigenvalue weighted by Gasteiger charge is 2.17. The smallest absolute Gasteiger partial charge is 0.428 e. The van der Waals surface area contributed by atoms with Crippen LogP contribution in [0.1, 0.15) is 26.3 Å². The summed E-state index contributed by atoms with van der Waals surface area (Å²) in [7, 11) is 0. The fraction of sp³-hybridized carbons (Fsp3) is 0.286. The van der Waals surface area contributed by atoms with Gasteiger partial charge in [-0.05, 0) is 50.6 Å². The van der Waals surface area contributed by atoms with Crippen molar-refractivity contribution in [3.63, 3.8) is 0 Å². The number of carbonyl (C=O) groups is 1. The molecular formula is C14H15NO3. The van der Waals surface area contributed by atoms with E-state index in [2.05, 4.69) is 6.58 Å². The number of nitrogens with zero attached hydrogens (tertiary/aromatic N) is 1. The van der Waals surface area contributed by atoms with Crippen LogP contribution in [0, 0.1) is 11.3 Å². The van der Waals surface area contributed by atoms with E-state index < -0.39 is 11.8 Å². The quantitative estimate of drug-likeness (QED) is 0.454. The number of ether oxygens (including phenoxy) is 2. The van der Waals surface area contributed by atoms with Crippen molar-refractivity contribution in [1.82, 2.24) is 0 Å². The molecule has 0 amide bonds. The Morgan fingerprint density at radius 3 is 2.28 bits per heavy atom. The van der Waals surface area contributed by atoms with Gasteiger partial charge in [-0.2, -0.15) is 5.26 Å². The average molecular weight is 245 g/mol. The van der Waals surface area contributed by atoms with Crippen molar-refractivity contribution in [2.75, 3.05) is 0 Å². The minimum Gasteiger partial charge on any atom is -0.428 e. The SMILES string of the molecule is C=C(C#N)c1ccc(OC(=O)OC(C)(C)C)cc1. The first kappa shape index (κ1) is 13.8. The third kappa shape index (κ3) is 4.30. The number of benzene rings is 1. The maximum atomic E-state index is 11.4. The number of rotatable bonds is 2. The Hall–Kier alpha value is -2.28. The summed E-state index contributed by atoms with van der Waals surface area (Å²) in [5.41, 5.74) is 0.458. The molecule has 1 aromatic rings. The van der Waals surface area contributed by atoms with Gasteiger partial charge in [0.05, 0.1) is 11.6 Å². The van der Waals surface area contributed by atoms with Crippen molar-refractivity contribution >= 4 is 11.7 Å². The molecular weight excluding hydrogens is 230 g/mol. The molecule has 0 aliphatic heterocycles. The lowest BCUT2D eigenvalue weighted by Crippen LogP contribution is -2.25. The number of hydrogen-bond donors (Lipinski definition) is 0. The molecule has 18 heavy (non-hydrogen) atoms. The van der Waals surface area contributed by atoms with Gasteiger partial charge in [-0.15, -0.1) is 0 Å². The van der Waals surface area contributed by atoms with E-state index in [1.807, 2.05) is 6.07 Å². The van der Waals surface area contributed by atoms with Crippen LogP contribution in [0.25, 0.3) is 5.57 Å². The summed E-state index contributed by atoms with van der Waals surface area (Å²) in [6.45, 7) is 8.86. The number of carbonyl (C=O) groups excluding carboxylic acids is 1. The molecule has 0 bridgehead atoms. The van der Waals surface area contributed by atoms with Gasteiger partial charge in [0.1, 0.15) is 11.4 Å². The lowest BCUT2D eigenvalue weighted by atomic mass is 10.1. The van der Waals surface area contributed by atoms with Gasteiger partial charge < -0.3 is 9.47 Å². The first-order valence-electron chi connectivity index (χ1n) is 5.42. The Morgan fingerprint density at radius 2 is 1.83 bits per heavy atom. The molecule has 0 saturated carbocycles. The van der Waals surface area contributed by atoms with E-state index in [0.717, 1.165) is 0 Å². The van der Waals surface area contributed by atoms with E-state index in [1.165, 1.54) is 0 Å². The van der Waals surface area contributed by atoms with Gasteiger partial charge >= 0.3 is 6.16 Å². The van der Waals surface area contributed by atoms with Crippen LogP contribution in [0.4, 0.5) is 4.79 Å². The van der Waals surface area contributed by atoms with E-state index in [4.69, 9.17) is 14.7 Å². The van der Waals surface area contributed by atoms with Crippen LogP contribution in [-0.4, -0.2) is 11.8 Å². The maximum absolute atomic E-state index is 11.4. The highest BCUT2D eigenvalue weighted by Crippen LogP contribution is 2.18. The zero-order chi connectivity index (χ0) is 13.8. The second-order valence-electron chi connectivity index (χ2n) is 4.68. The summed E-state index contributed by atoms with van der Waals surface area (Å²) in [6, 6.07) is 8.43. The third-order valence-electron chi connectivity index (χ3n) is 1.93. The molecule has 4 nitrogen and oxygen atoms in total. The summed E-state index contributed by atoms with van der Waals surface area (Å²) < 4.78 is 9.99. The monoisotopic (exact) mass is 245 g/mol. The van der Waals surface area contributed by atoms with Crippen molar-refractivity contribution in [2.24, 2.45) is 0 Å². The van der Waals surface area contributed by atoms with Gasteiger partial charge in [0.15, 0.2) is 0 Å². The van der Waals surface area contributed by atoms with Gasteiger partial charge in [0, 0.05) is 0 Å². The maximum Gasteiger partial charge on any atom is 0.514 e. The third-order valence-corrected chi connectivity index (χ3v) is 1.93. The lowest BCUT2D eigenvalue weighted by Gasteiger charge is -2.18. The van der Waals surface area contributed by atoms with Gasteiger partial charge in [-0.25, -0.2) is 4.79 Å². The summed E-state index contributed by atoms with van der Waals surface area (Å²) in [4.78, 5) is 11.4. The number of allylic oxidation sites excluding steroid dienone is 1. The average Bonchev–Trinajstić information content (AvgIpc) is 2.26. The first-order chi connectivity index (χ1) is 8.31. The molecule has 0 heterocycles. The Morgan fingerprint density at radius 1 is 1.28 bits per heavy atom. The Labute approximate surface area is 106 Å². The predicted molar refractivity (Wildman–Crippen MR) is 68.0 cm³/mol. The predicted octanol–water partition coefficient (Wildman–Crippen LogP) is 3.54. The van der Waals surface area contributed by atoms with Crippen LogP contribution in [0.3, 0.4) is 0 Å². The highest BCUT2D eigenvalue weighted by atomic mass is 16.7. The van der Waals surface area contributed by atoms with Crippen LogP contribution in [0.15, 0.2) is 30.8 Å². The normalized spacial score (nSPS) is 10.3. The molecule has 0 radical (unpaired) electrons. The lowest BCUT2D eigenvalue weighted by molar-refractivity contribution is 0.0206. The molecule has 0 atom stereocenters. The van der Waals surface area contributed by atoms with Gasteiger partial charge in [0.25, 0.3) is 0 Å². The fourth-order valence-electron chi connectivity index (χ4n) is 1.16. The van der Waals surface area contributed by atoms with E-state index in [1.54, 1.807) is 45.0 Å². The Kier molecular flexibility index (Phi) is 4.11. The van der Waals surface area contributed by atoms with Crippen molar-refractivity contribution in [3.05, 3.63) is 36.4 Å². The van der Waals surface area contributed by atoms with Crippen LogP contribution in [0.2, 0.25) is 0 Å². The van der Waals surface area contributed by atoms with Gasteiger partial charge in [0.2, 0.25) is 0 Å². The largest absolute Gasteiger partial charge is 0.514 e. The minimum atomic E-state index is -0.755. The molecule has 0 aliphatic rings. The molecule has 1 rings (SSSR count). The van der Waals surface area contributed by atoms with Gasteiger partial charge in [-0.1, -0.05) is 6.58 Å². The highest BCUT2D eigenvalue weighted by molar-refractivity contribution is 5.75. The van der Waals surface area contributed by atoms with Crippen LogP contribution < -0.4 is 4.74 Å². The second-order valence-corrected chi connectivity index (χ2v) is 4.68. The standard InChI is InChI=1S/C14H15NO3/c1-10(9-15)11-5-7-12(8-6-11)17-13(16)18-14(2,3)4/h5-8H,1H2,2-4H3. The number of hydrogen-bond acceptors (Lipinski definition) is 4. The summed E-state index contributed by atoms with van der Waals surface area (Å²) in [6.07, 6.45) is -0.755. The van der Waals surface area contributed by atoms with E-state index >= 15 is 0 Å². The van der Waals surface area contributed by atoms with Gasteiger partial charge in [-0.3, -0.25) is 0 Å². The summed E-state index contributed by atoms with van der Waals surface area (Å²) >= 11 is 0. The Bertz CT molecular complexity index is 489.